The molecule has 0 saturated carbocycles. The molecule has 1 heterocycles. The number of benzene rings is 1. The van der Waals surface area contributed by atoms with Crippen molar-refractivity contribution in [2.24, 2.45) is 0 Å². The summed E-state index contributed by atoms with van der Waals surface area (Å²) in [4.78, 5) is 2.41. The van der Waals surface area contributed by atoms with Crippen LogP contribution in [0.3, 0.4) is 0 Å². The van der Waals surface area contributed by atoms with Gasteiger partial charge in [-0.1, -0.05) is 28.1 Å². The maximum absolute atomic E-state index is 3.73. The van der Waals surface area contributed by atoms with Gasteiger partial charge in [0, 0.05) is 16.6 Å². The van der Waals surface area contributed by atoms with E-state index in [9.17, 15) is 0 Å². The molecule has 1 aromatic carbocycles. The van der Waals surface area contributed by atoms with Crippen LogP contribution in [-0.2, 0) is 0 Å². The van der Waals surface area contributed by atoms with Gasteiger partial charge in [-0.15, -0.1) is 0 Å². The number of hydrogen-bond donors (Lipinski definition) is 1. The van der Waals surface area contributed by atoms with Gasteiger partial charge in [0.1, 0.15) is 0 Å². The Morgan fingerprint density at radius 2 is 1.82 bits per heavy atom. The second-order valence-corrected chi connectivity index (χ2v) is 5.93. The monoisotopic (exact) mass is 296 g/mol. The van der Waals surface area contributed by atoms with Crippen LogP contribution in [0, 0.1) is 0 Å². The first-order chi connectivity index (χ1) is 8.15. The van der Waals surface area contributed by atoms with Crippen molar-refractivity contribution in [1.82, 2.24) is 10.2 Å². The average molecular weight is 297 g/mol. The molecular weight excluding hydrogens is 276 g/mol. The van der Waals surface area contributed by atoms with Crippen molar-refractivity contribution >= 4 is 15.9 Å². The molecule has 1 aliphatic heterocycles. The summed E-state index contributed by atoms with van der Waals surface area (Å²) >= 11 is 3.47. The third kappa shape index (κ3) is 3.80. The summed E-state index contributed by atoms with van der Waals surface area (Å²) in [5, 5.41) is 3.73. The summed E-state index contributed by atoms with van der Waals surface area (Å²) in [5.74, 6) is 0. The Hall–Kier alpha value is -0.380. The lowest BCUT2D eigenvalue weighted by molar-refractivity contribution is 0.226. The van der Waals surface area contributed by atoms with Crippen LogP contribution in [0.2, 0.25) is 0 Å². The fourth-order valence-corrected chi connectivity index (χ4v) is 2.64. The number of nitrogens with zero attached hydrogens (tertiary/aromatic N) is 1. The topological polar surface area (TPSA) is 15.3 Å². The molecule has 2 nitrogen and oxygen atoms in total. The highest BCUT2D eigenvalue weighted by atomic mass is 79.9. The molecule has 1 N–H and O–H groups in total. The molecule has 3 heteroatoms. The summed E-state index contributed by atoms with van der Waals surface area (Å²) < 4.78 is 1.15. The number of nitrogens with one attached hydrogen (secondary N) is 1. The van der Waals surface area contributed by atoms with Crippen molar-refractivity contribution < 1.29 is 0 Å². The second-order valence-electron chi connectivity index (χ2n) is 5.02. The van der Waals surface area contributed by atoms with E-state index in [1.165, 1.54) is 31.5 Å². The molecule has 1 saturated heterocycles. The van der Waals surface area contributed by atoms with Gasteiger partial charge in [-0.05, 0) is 57.6 Å². The third-order valence-corrected chi connectivity index (χ3v) is 4.10. The van der Waals surface area contributed by atoms with Crippen LogP contribution in [0.1, 0.15) is 31.4 Å². The van der Waals surface area contributed by atoms with Crippen LogP contribution in [0.4, 0.5) is 0 Å². The summed E-state index contributed by atoms with van der Waals surface area (Å²) in [5.41, 5.74) is 1.37. The van der Waals surface area contributed by atoms with Crippen LogP contribution in [-0.4, -0.2) is 31.1 Å². The van der Waals surface area contributed by atoms with E-state index in [1.807, 2.05) is 0 Å². The number of halogens is 1. The van der Waals surface area contributed by atoms with Gasteiger partial charge >= 0.3 is 0 Å². The molecule has 1 aliphatic rings. The number of likely N-dealkylation sites (tertiary alicyclic amines) is 1. The maximum Gasteiger partial charge on any atom is 0.0294 e. The molecule has 0 amide bonds. The highest BCUT2D eigenvalue weighted by Crippen LogP contribution is 2.19. The van der Waals surface area contributed by atoms with E-state index in [0.717, 1.165) is 4.47 Å². The predicted molar refractivity (Wildman–Crippen MR) is 76.2 cm³/mol. The van der Waals surface area contributed by atoms with Crippen LogP contribution < -0.4 is 5.32 Å². The first kappa shape index (κ1) is 13.1. The summed E-state index contributed by atoms with van der Waals surface area (Å²) in [6.07, 6.45) is 2.52. The van der Waals surface area contributed by atoms with Gasteiger partial charge in [0.25, 0.3) is 0 Å². The van der Waals surface area contributed by atoms with Crippen LogP contribution in [0.25, 0.3) is 0 Å². The Kier molecular flexibility index (Phi) is 4.60. The lowest BCUT2D eigenvalue weighted by Crippen LogP contribution is -2.41. The van der Waals surface area contributed by atoms with E-state index in [0.29, 0.717) is 12.1 Å². The molecule has 1 fully saturated rings. The zero-order valence-electron chi connectivity index (χ0n) is 10.6. The lowest BCUT2D eigenvalue weighted by Gasteiger charge is -2.31. The molecule has 17 heavy (non-hydrogen) atoms. The SMILES string of the molecule is C[C@H](NC1CCN(C)CC1)c1ccc(Br)cc1. The first-order valence-corrected chi connectivity index (χ1v) is 7.14. The fraction of sp³-hybridized carbons (Fsp3) is 0.571. The Labute approximate surface area is 113 Å². The van der Waals surface area contributed by atoms with E-state index in [-0.39, 0.29) is 0 Å². The van der Waals surface area contributed by atoms with Crippen LogP contribution in [0.15, 0.2) is 28.7 Å². The Morgan fingerprint density at radius 1 is 1.24 bits per heavy atom. The fourth-order valence-electron chi connectivity index (χ4n) is 2.38. The minimum Gasteiger partial charge on any atom is -0.307 e. The average Bonchev–Trinajstić information content (AvgIpc) is 2.33. The van der Waals surface area contributed by atoms with E-state index in [1.54, 1.807) is 0 Å². The molecule has 0 bridgehead atoms. The van der Waals surface area contributed by atoms with Crippen molar-refractivity contribution in [3.8, 4) is 0 Å². The Morgan fingerprint density at radius 3 is 2.41 bits per heavy atom. The van der Waals surface area contributed by atoms with Gasteiger partial charge in [-0.3, -0.25) is 0 Å². The molecule has 94 valence electrons. The third-order valence-electron chi connectivity index (χ3n) is 3.57. The molecule has 0 radical (unpaired) electrons. The van der Waals surface area contributed by atoms with E-state index >= 15 is 0 Å². The van der Waals surface area contributed by atoms with Crippen molar-refractivity contribution in [2.45, 2.75) is 31.8 Å². The highest BCUT2D eigenvalue weighted by molar-refractivity contribution is 9.10. The van der Waals surface area contributed by atoms with Crippen molar-refractivity contribution in [1.29, 1.82) is 0 Å². The van der Waals surface area contributed by atoms with Crippen LogP contribution in [0.5, 0.6) is 0 Å². The zero-order chi connectivity index (χ0) is 12.3. The van der Waals surface area contributed by atoms with E-state index < -0.39 is 0 Å². The number of piperidine rings is 1. The number of hydrogen-bond acceptors (Lipinski definition) is 2. The number of rotatable bonds is 3. The van der Waals surface area contributed by atoms with Gasteiger partial charge in [0.2, 0.25) is 0 Å². The quantitative estimate of drug-likeness (QED) is 0.921. The Balaban J connectivity index is 1.88. The molecule has 0 unspecified atom stereocenters. The van der Waals surface area contributed by atoms with Crippen molar-refractivity contribution in [3.05, 3.63) is 34.3 Å². The van der Waals surface area contributed by atoms with Gasteiger partial charge in [0.15, 0.2) is 0 Å². The van der Waals surface area contributed by atoms with Crippen molar-refractivity contribution in [2.75, 3.05) is 20.1 Å². The van der Waals surface area contributed by atoms with Gasteiger partial charge < -0.3 is 10.2 Å². The molecule has 1 atom stereocenters. The predicted octanol–water partition coefficient (Wildman–Crippen LogP) is 3.19. The molecule has 1 aromatic rings. The van der Waals surface area contributed by atoms with Gasteiger partial charge in [-0.25, -0.2) is 0 Å². The zero-order valence-corrected chi connectivity index (χ0v) is 12.2. The Bertz CT molecular complexity index is 342. The van der Waals surface area contributed by atoms with E-state index in [2.05, 4.69) is 64.4 Å². The smallest absolute Gasteiger partial charge is 0.0294 e. The minimum absolute atomic E-state index is 0.441. The van der Waals surface area contributed by atoms with E-state index in [4.69, 9.17) is 0 Å². The maximum atomic E-state index is 3.73. The normalized spacial score (nSPS) is 20.4. The molecule has 0 aromatic heterocycles. The largest absolute Gasteiger partial charge is 0.307 e. The van der Waals surface area contributed by atoms with Gasteiger partial charge in [-0.2, -0.15) is 0 Å². The summed E-state index contributed by atoms with van der Waals surface area (Å²) in [6, 6.07) is 9.72. The minimum atomic E-state index is 0.441. The van der Waals surface area contributed by atoms with Gasteiger partial charge in [0.05, 0.1) is 0 Å². The summed E-state index contributed by atoms with van der Waals surface area (Å²) in [7, 11) is 2.20. The summed E-state index contributed by atoms with van der Waals surface area (Å²) in [6.45, 7) is 4.68. The lowest BCUT2D eigenvalue weighted by atomic mass is 10.0. The van der Waals surface area contributed by atoms with Crippen molar-refractivity contribution in [3.63, 3.8) is 0 Å². The van der Waals surface area contributed by atoms with Crippen LogP contribution >= 0.6 is 15.9 Å². The molecule has 0 aliphatic carbocycles. The molecule has 0 spiro atoms. The second kappa shape index (κ2) is 5.98. The first-order valence-electron chi connectivity index (χ1n) is 6.35. The molecular formula is C14H21BrN2. The standard InChI is InChI=1S/C14H21BrN2/c1-11(12-3-5-13(15)6-4-12)16-14-7-9-17(2)10-8-14/h3-6,11,14,16H,7-10H2,1-2H3/t11-/m0/s1. The highest BCUT2D eigenvalue weighted by Gasteiger charge is 2.18. The molecule has 2 rings (SSSR count).